The number of hydrogen-bond donors (Lipinski definition) is 2. The number of benzene rings is 3. The van der Waals surface area contributed by atoms with E-state index in [0.29, 0.717) is 39.0 Å². The fourth-order valence-electron chi connectivity index (χ4n) is 6.32. The van der Waals surface area contributed by atoms with Gasteiger partial charge in [0.25, 0.3) is 0 Å². The van der Waals surface area contributed by atoms with Gasteiger partial charge in [-0.05, 0) is 66.4 Å². The third-order valence-electron chi connectivity index (χ3n) is 9.18. The molecule has 1 aromatic heterocycles. The number of nitrogens with zero attached hydrogens (tertiary/aromatic N) is 2. The number of carbonyl (C=O) groups excluding carboxylic acids is 3. The van der Waals surface area contributed by atoms with Crippen molar-refractivity contribution in [3.63, 3.8) is 0 Å². The normalized spacial score (nSPS) is 15.3. The summed E-state index contributed by atoms with van der Waals surface area (Å²) in [4.78, 5) is 46.3. The molecule has 2 heterocycles. The largest absolute Gasteiger partial charge is 0.370 e. The Morgan fingerprint density at radius 1 is 0.878 bits per heavy atom. The molecule has 4 aromatic rings. The molecule has 0 bridgehead atoms. The van der Waals surface area contributed by atoms with Gasteiger partial charge in [0.1, 0.15) is 18.7 Å². The lowest BCUT2D eigenvalue weighted by molar-refractivity contribution is -0.150. The predicted octanol–water partition coefficient (Wildman–Crippen LogP) is 5.37. The van der Waals surface area contributed by atoms with Crippen LogP contribution in [0.3, 0.4) is 0 Å². The second-order valence-electron chi connectivity index (χ2n) is 12.5. The zero-order chi connectivity index (χ0) is 34.4. The second-order valence-corrected chi connectivity index (χ2v) is 13.6. The van der Waals surface area contributed by atoms with Crippen LogP contribution >= 0.6 is 11.3 Å². The zero-order valence-electron chi connectivity index (χ0n) is 28.6. The van der Waals surface area contributed by atoms with Gasteiger partial charge in [-0.15, -0.1) is 11.3 Å². The topological polar surface area (TPSA) is 91.0 Å². The van der Waals surface area contributed by atoms with Gasteiger partial charge in [0.2, 0.25) is 17.7 Å². The fraction of sp³-hybridized carbons (Fsp3) is 0.375. The minimum absolute atomic E-state index is 0.115. The summed E-state index contributed by atoms with van der Waals surface area (Å²) in [7, 11) is 1.67. The van der Waals surface area contributed by atoms with Gasteiger partial charge < -0.3 is 25.2 Å². The summed E-state index contributed by atoms with van der Waals surface area (Å²) in [6, 6.07) is 30.9. The van der Waals surface area contributed by atoms with Crippen molar-refractivity contribution in [1.82, 2.24) is 20.4 Å². The molecule has 9 heteroatoms. The highest BCUT2D eigenvalue weighted by molar-refractivity contribution is 7.09. The highest BCUT2D eigenvalue weighted by Crippen LogP contribution is 2.22. The van der Waals surface area contributed by atoms with E-state index in [9.17, 15) is 14.4 Å². The van der Waals surface area contributed by atoms with E-state index < -0.39 is 12.1 Å². The molecule has 5 rings (SSSR count). The van der Waals surface area contributed by atoms with E-state index in [1.54, 1.807) is 23.3 Å². The van der Waals surface area contributed by atoms with Crippen molar-refractivity contribution < 1.29 is 19.1 Å². The minimum Gasteiger partial charge on any atom is -0.370 e. The number of likely N-dealkylation sites (N-methyl/N-ethyl adjacent to an activating group) is 2. The van der Waals surface area contributed by atoms with Crippen LogP contribution in [-0.2, 0) is 38.4 Å². The number of ether oxygens (including phenoxy) is 1. The molecule has 0 aliphatic carbocycles. The molecule has 1 saturated heterocycles. The van der Waals surface area contributed by atoms with Crippen LogP contribution in [0, 0.1) is 0 Å². The summed E-state index contributed by atoms with van der Waals surface area (Å²) >= 11 is 1.57. The summed E-state index contributed by atoms with van der Waals surface area (Å²) in [6.45, 7) is 3.96. The Bertz CT molecular complexity index is 1590. The Morgan fingerprint density at radius 3 is 2.24 bits per heavy atom. The second kappa shape index (κ2) is 18.5. The SMILES string of the molecule is CCN(C(=O)[C@@H](Cc1ccc(-c2ccccc2)cc1)N(C)C(=O)COC[C@@H]1CCCN1)[C@H](Cc1cccs1)C(=O)NCCc1ccccc1. The Balaban J connectivity index is 1.36. The molecular weight excluding hydrogens is 633 g/mol. The Kier molecular flexibility index (Phi) is 13.5. The molecule has 2 N–H and O–H groups in total. The van der Waals surface area contributed by atoms with Gasteiger partial charge in [0.05, 0.1) is 6.61 Å². The van der Waals surface area contributed by atoms with Gasteiger partial charge >= 0.3 is 0 Å². The first-order valence-corrected chi connectivity index (χ1v) is 18.2. The highest BCUT2D eigenvalue weighted by atomic mass is 32.1. The van der Waals surface area contributed by atoms with Gasteiger partial charge in [-0.3, -0.25) is 14.4 Å². The summed E-state index contributed by atoms with van der Waals surface area (Å²) in [5.41, 5.74) is 4.23. The van der Waals surface area contributed by atoms with Crippen LogP contribution in [0.1, 0.15) is 35.8 Å². The summed E-state index contributed by atoms with van der Waals surface area (Å²) in [6.07, 6.45) is 3.50. The first kappa shape index (κ1) is 36.0. The van der Waals surface area contributed by atoms with Crippen molar-refractivity contribution in [2.75, 3.05) is 39.9 Å². The molecule has 1 aliphatic heterocycles. The average Bonchev–Trinajstić information content (AvgIpc) is 3.86. The zero-order valence-corrected chi connectivity index (χ0v) is 29.4. The average molecular weight is 681 g/mol. The van der Waals surface area contributed by atoms with E-state index >= 15 is 0 Å². The molecule has 49 heavy (non-hydrogen) atoms. The number of thiophene rings is 1. The van der Waals surface area contributed by atoms with E-state index in [0.717, 1.165) is 46.5 Å². The molecule has 0 unspecified atom stereocenters. The Labute approximate surface area is 294 Å². The minimum atomic E-state index is -0.828. The van der Waals surface area contributed by atoms with E-state index in [4.69, 9.17) is 4.74 Å². The molecule has 3 atom stereocenters. The molecule has 0 radical (unpaired) electrons. The highest BCUT2D eigenvalue weighted by Gasteiger charge is 2.36. The van der Waals surface area contributed by atoms with Gasteiger partial charge in [0, 0.05) is 43.9 Å². The maximum atomic E-state index is 14.7. The van der Waals surface area contributed by atoms with Crippen molar-refractivity contribution in [2.45, 2.75) is 57.2 Å². The maximum absolute atomic E-state index is 14.7. The van der Waals surface area contributed by atoms with E-state index in [-0.39, 0.29) is 30.4 Å². The standard InChI is InChI=1S/C40H48N4O4S/c1-3-44(36(27-35-17-11-25-49-35)39(46)42-24-22-30-12-6-4-7-13-30)40(47)37(43(2)38(45)29-48-28-34-16-10-23-41-34)26-31-18-20-33(21-19-31)32-14-8-5-9-15-32/h4-9,11-15,17-21,25,34,36-37,41H,3,10,16,22-24,26-29H2,1-2H3,(H,42,46)/t34-,36+,37+/m0/s1. The number of carbonyl (C=O) groups is 3. The van der Waals surface area contributed by atoms with E-state index in [1.165, 1.54) is 4.90 Å². The third-order valence-corrected chi connectivity index (χ3v) is 10.1. The first-order chi connectivity index (χ1) is 23.9. The fourth-order valence-corrected chi connectivity index (χ4v) is 7.06. The van der Waals surface area contributed by atoms with E-state index in [2.05, 4.69) is 22.8 Å². The lowest BCUT2D eigenvalue weighted by atomic mass is 9.98. The number of hydrogen-bond acceptors (Lipinski definition) is 6. The summed E-state index contributed by atoms with van der Waals surface area (Å²) in [5.74, 6) is -0.731. The van der Waals surface area contributed by atoms with Crippen molar-refractivity contribution >= 4 is 29.1 Å². The molecule has 1 fully saturated rings. The van der Waals surface area contributed by atoms with Gasteiger partial charge in [-0.2, -0.15) is 0 Å². The van der Waals surface area contributed by atoms with Gasteiger partial charge in [-0.1, -0.05) is 91.0 Å². The predicted molar refractivity (Wildman–Crippen MR) is 196 cm³/mol. The van der Waals surface area contributed by atoms with E-state index in [1.807, 2.05) is 97.2 Å². The number of nitrogens with one attached hydrogen (secondary N) is 2. The Morgan fingerprint density at radius 2 is 1.59 bits per heavy atom. The monoisotopic (exact) mass is 680 g/mol. The molecule has 0 spiro atoms. The van der Waals surface area contributed by atoms with Crippen LogP contribution in [0.2, 0.25) is 0 Å². The van der Waals surface area contributed by atoms with Crippen molar-refractivity contribution in [3.8, 4) is 11.1 Å². The van der Waals surface area contributed by atoms with Crippen molar-refractivity contribution in [3.05, 3.63) is 118 Å². The number of amides is 3. The molecule has 1 aliphatic rings. The summed E-state index contributed by atoms with van der Waals surface area (Å²) in [5, 5.41) is 8.46. The summed E-state index contributed by atoms with van der Waals surface area (Å²) < 4.78 is 5.83. The number of rotatable bonds is 17. The quantitative estimate of drug-likeness (QED) is 0.157. The van der Waals surface area contributed by atoms with Gasteiger partial charge in [0.15, 0.2) is 0 Å². The molecule has 3 aromatic carbocycles. The Hall–Kier alpha value is -4.31. The van der Waals surface area contributed by atoms with Crippen LogP contribution in [0.25, 0.3) is 11.1 Å². The van der Waals surface area contributed by atoms with Gasteiger partial charge in [-0.25, -0.2) is 0 Å². The molecular formula is C40H48N4O4S. The van der Waals surface area contributed by atoms with Crippen LogP contribution in [0.5, 0.6) is 0 Å². The molecule has 8 nitrogen and oxygen atoms in total. The molecule has 3 amide bonds. The first-order valence-electron chi connectivity index (χ1n) is 17.3. The molecule has 0 saturated carbocycles. The van der Waals surface area contributed by atoms with Crippen LogP contribution in [-0.4, -0.2) is 85.5 Å². The lowest BCUT2D eigenvalue weighted by Gasteiger charge is -2.36. The third kappa shape index (κ3) is 10.3. The van der Waals surface area contributed by atoms with Crippen LogP contribution in [0.15, 0.2) is 102 Å². The van der Waals surface area contributed by atoms with Crippen LogP contribution < -0.4 is 10.6 Å². The van der Waals surface area contributed by atoms with Crippen molar-refractivity contribution in [2.24, 2.45) is 0 Å². The lowest BCUT2D eigenvalue weighted by Crippen LogP contribution is -2.57. The smallest absolute Gasteiger partial charge is 0.249 e. The maximum Gasteiger partial charge on any atom is 0.249 e. The molecule has 258 valence electrons. The van der Waals surface area contributed by atoms with Crippen molar-refractivity contribution in [1.29, 1.82) is 0 Å². The van der Waals surface area contributed by atoms with Crippen LogP contribution in [0.4, 0.5) is 0 Å².